The van der Waals surface area contributed by atoms with Crippen molar-refractivity contribution < 1.29 is 4.74 Å². The number of halogens is 1. The average molecular weight is 259 g/mol. The average Bonchev–Trinajstić information content (AvgIpc) is 2.24. The van der Waals surface area contributed by atoms with Gasteiger partial charge in [0.15, 0.2) is 0 Å². The fraction of sp³-hybridized carbons (Fsp3) is 0.636. The predicted octanol–water partition coefficient (Wildman–Crippen LogP) is 1.01. The lowest BCUT2D eigenvalue weighted by Crippen LogP contribution is -2.41. The van der Waals surface area contributed by atoms with Gasteiger partial charge in [0.25, 0.3) is 5.56 Å². The van der Waals surface area contributed by atoms with Gasteiger partial charge >= 0.3 is 5.69 Å². The second kappa shape index (κ2) is 4.66. The third-order valence-corrected chi connectivity index (χ3v) is 3.43. The van der Waals surface area contributed by atoms with Crippen LogP contribution in [0.5, 0.6) is 0 Å². The number of aromatic amines is 1. The molecule has 1 aromatic heterocycles. The summed E-state index contributed by atoms with van der Waals surface area (Å²) in [6, 6.07) is 1.23. The van der Waals surface area contributed by atoms with Crippen molar-refractivity contribution in [1.29, 1.82) is 0 Å². The number of rotatable bonds is 2. The van der Waals surface area contributed by atoms with E-state index in [1.165, 1.54) is 10.6 Å². The summed E-state index contributed by atoms with van der Waals surface area (Å²) in [5.41, 5.74) is -0.871. The van der Waals surface area contributed by atoms with Crippen LogP contribution < -0.4 is 11.2 Å². The molecule has 17 heavy (non-hydrogen) atoms. The standard InChI is InChI=1S/C11H15ClN2O3/c1-11(2-4-17-5-3-11)7-14-9(15)6-8(12)13-10(14)16/h6H,2-5,7H2,1H3,(H,13,16). The van der Waals surface area contributed by atoms with Gasteiger partial charge in [0, 0.05) is 25.8 Å². The van der Waals surface area contributed by atoms with Crippen molar-refractivity contribution in [2.75, 3.05) is 13.2 Å². The number of nitrogens with zero attached hydrogens (tertiary/aromatic N) is 1. The zero-order valence-electron chi connectivity index (χ0n) is 9.66. The van der Waals surface area contributed by atoms with Crippen molar-refractivity contribution in [1.82, 2.24) is 9.55 Å². The normalized spacial score (nSPS) is 19.2. The van der Waals surface area contributed by atoms with Gasteiger partial charge in [-0.3, -0.25) is 14.3 Å². The zero-order chi connectivity index (χ0) is 12.5. The summed E-state index contributed by atoms with van der Waals surface area (Å²) < 4.78 is 6.49. The Hall–Kier alpha value is -1.07. The smallest absolute Gasteiger partial charge is 0.329 e. The van der Waals surface area contributed by atoms with Gasteiger partial charge in [-0.1, -0.05) is 18.5 Å². The van der Waals surface area contributed by atoms with Crippen LogP contribution in [-0.4, -0.2) is 22.8 Å². The van der Waals surface area contributed by atoms with Crippen LogP contribution in [0.4, 0.5) is 0 Å². The van der Waals surface area contributed by atoms with Crippen LogP contribution in [0.2, 0.25) is 5.15 Å². The fourth-order valence-electron chi connectivity index (χ4n) is 2.05. The van der Waals surface area contributed by atoms with Crippen molar-refractivity contribution in [3.63, 3.8) is 0 Å². The minimum absolute atomic E-state index is 0.0666. The summed E-state index contributed by atoms with van der Waals surface area (Å²) in [5.74, 6) is 0. The summed E-state index contributed by atoms with van der Waals surface area (Å²) in [5, 5.41) is 0.0772. The highest BCUT2D eigenvalue weighted by atomic mass is 35.5. The van der Waals surface area contributed by atoms with E-state index in [1.54, 1.807) is 0 Å². The van der Waals surface area contributed by atoms with Gasteiger partial charge in [0.2, 0.25) is 0 Å². The molecule has 0 spiro atoms. The fourth-order valence-corrected chi connectivity index (χ4v) is 2.22. The van der Waals surface area contributed by atoms with Crippen molar-refractivity contribution in [3.05, 3.63) is 32.1 Å². The van der Waals surface area contributed by atoms with Gasteiger partial charge in [0.1, 0.15) is 5.15 Å². The van der Waals surface area contributed by atoms with E-state index in [1.807, 2.05) is 0 Å². The van der Waals surface area contributed by atoms with Crippen LogP contribution in [0.3, 0.4) is 0 Å². The Balaban J connectivity index is 2.30. The zero-order valence-corrected chi connectivity index (χ0v) is 10.4. The Labute approximate surface area is 103 Å². The Bertz CT molecular complexity index is 483. The maximum Gasteiger partial charge on any atom is 0.329 e. The van der Waals surface area contributed by atoms with E-state index in [-0.39, 0.29) is 16.1 Å². The van der Waals surface area contributed by atoms with Crippen LogP contribution in [-0.2, 0) is 11.3 Å². The van der Waals surface area contributed by atoms with Gasteiger partial charge in [-0.05, 0) is 18.3 Å². The van der Waals surface area contributed by atoms with Crippen LogP contribution in [0.1, 0.15) is 19.8 Å². The van der Waals surface area contributed by atoms with Gasteiger partial charge in [0.05, 0.1) is 0 Å². The number of H-pyrrole nitrogens is 1. The van der Waals surface area contributed by atoms with Gasteiger partial charge in [-0.2, -0.15) is 0 Å². The summed E-state index contributed by atoms with van der Waals surface area (Å²) in [6.07, 6.45) is 1.70. The number of aromatic nitrogens is 2. The predicted molar refractivity (Wildman–Crippen MR) is 64.5 cm³/mol. The van der Waals surface area contributed by atoms with Gasteiger partial charge in [-0.15, -0.1) is 0 Å². The molecule has 0 radical (unpaired) electrons. The van der Waals surface area contributed by atoms with Gasteiger partial charge in [-0.25, -0.2) is 4.79 Å². The van der Waals surface area contributed by atoms with E-state index >= 15 is 0 Å². The van der Waals surface area contributed by atoms with Crippen LogP contribution in [0.15, 0.2) is 15.7 Å². The molecular weight excluding hydrogens is 244 g/mol. The third kappa shape index (κ3) is 2.79. The molecular formula is C11H15ClN2O3. The molecule has 5 nitrogen and oxygen atoms in total. The third-order valence-electron chi connectivity index (χ3n) is 3.23. The quantitative estimate of drug-likeness (QED) is 0.805. The van der Waals surface area contributed by atoms with E-state index in [2.05, 4.69) is 11.9 Å². The molecule has 0 saturated carbocycles. The topological polar surface area (TPSA) is 64.1 Å². The lowest BCUT2D eigenvalue weighted by atomic mass is 9.82. The Morgan fingerprint density at radius 3 is 2.71 bits per heavy atom. The molecule has 0 atom stereocenters. The van der Waals surface area contributed by atoms with Crippen molar-refractivity contribution in [3.8, 4) is 0 Å². The molecule has 1 fully saturated rings. The minimum atomic E-state index is -0.449. The maximum absolute atomic E-state index is 11.7. The lowest BCUT2D eigenvalue weighted by molar-refractivity contribution is 0.0144. The highest BCUT2D eigenvalue weighted by molar-refractivity contribution is 6.29. The Morgan fingerprint density at radius 1 is 1.47 bits per heavy atom. The molecule has 1 aliphatic rings. The molecule has 0 unspecified atom stereocenters. The number of ether oxygens (including phenoxy) is 1. The largest absolute Gasteiger partial charge is 0.381 e. The van der Waals surface area contributed by atoms with Crippen molar-refractivity contribution >= 4 is 11.6 Å². The SMILES string of the molecule is CC1(Cn2c(=O)cc(Cl)[nH]c2=O)CCOCC1. The van der Waals surface area contributed by atoms with Crippen LogP contribution in [0.25, 0.3) is 0 Å². The first-order valence-electron chi connectivity index (χ1n) is 5.58. The van der Waals surface area contributed by atoms with E-state index in [9.17, 15) is 9.59 Å². The summed E-state index contributed by atoms with van der Waals surface area (Å²) in [6.45, 7) is 3.82. The second-order valence-corrected chi connectivity index (χ2v) is 5.18. The molecule has 0 amide bonds. The first-order chi connectivity index (χ1) is 8.00. The van der Waals surface area contributed by atoms with Crippen molar-refractivity contribution in [2.45, 2.75) is 26.3 Å². The molecule has 1 aromatic rings. The highest BCUT2D eigenvalue weighted by Gasteiger charge is 2.28. The number of hydrogen-bond acceptors (Lipinski definition) is 3. The number of nitrogens with one attached hydrogen (secondary N) is 1. The first-order valence-corrected chi connectivity index (χ1v) is 5.95. The Kier molecular flexibility index (Phi) is 3.40. The van der Waals surface area contributed by atoms with E-state index in [0.29, 0.717) is 19.8 Å². The van der Waals surface area contributed by atoms with E-state index in [4.69, 9.17) is 16.3 Å². The molecule has 1 N–H and O–H groups in total. The summed E-state index contributed by atoms with van der Waals surface area (Å²) in [7, 11) is 0. The molecule has 1 saturated heterocycles. The molecule has 0 aliphatic carbocycles. The highest BCUT2D eigenvalue weighted by Crippen LogP contribution is 2.30. The molecule has 6 heteroatoms. The van der Waals surface area contributed by atoms with Crippen molar-refractivity contribution in [2.24, 2.45) is 5.41 Å². The van der Waals surface area contributed by atoms with E-state index < -0.39 is 5.69 Å². The van der Waals surface area contributed by atoms with E-state index in [0.717, 1.165) is 12.8 Å². The molecule has 94 valence electrons. The molecule has 2 heterocycles. The first kappa shape index (κ1) is 12.4. The van der Waals surface area contributed by atoms with Crippen LogP contribution >= 0.6 is 11.6 Å². The second-order valence-electron chi connectivity index (χ2n) is 4.77. The minimum Gasteiger partial charge on any atom is -0.381 e. The summed E-state index contributed by atoms with van der Waals surface area (Å²) in [4.78, 5) is 25.8. The lowest BCUT2D eigenvalue weighted by Gasteiger charge is -2.33. The molecule has 0 bridgehead atoms. The molecule has 2 rings (SSSR count). The Morgan fingerprint density at radius 2 is 2.12 bits per heavy atom. The van der Waals surface area contributed by atoms with Crippen LogP contribution in [0, 0.1) is 5.41 Å². The summed E-state index contributed by atoms with van der Waals surface area (Å²) >= 11 is 5.61. The van der Waals surface area contributed by atoms with Gasteiger partial charge < -0.3 is 4.74 Å². The monoisotopic (exact) mass is 258 g/mol. The molecule has 0 aromatic carbocycles. The maximum atomic E-state index is 11.7. The number of hydrogen-bond donors (Lipinski definition) is 1. The molecule has 1 aliphatic heterocycles.